The molecule has 1 aliphatic rings. The quantitative estimate of drug-likeness (QED) is 0.313. The molecule has 12 nitrogen and oxygen atoms in total. The molecule has 0 radical (unpaired) electrons. The predicted molar refractivity (Wildman–Crippen MR) is 158 cm³/mol. The van der Waals surface area contributed by atoms with E-state index < -0.39 is 17.9 Å². The number of methoxy groups -OCH3 is 4. The van der Waals surface area contributed by atoms with Crippen LogP contribution in [-0.4, -0.2) is 57.8 Å². The number of hydrogen-bond donors (Lipinski definition) is 3. The maximum absolute atomic E-state index is 13.4. The van der Waals surface area contributed by atoms with E-state index in [-0.39, 0.29) is 34.4 Å². The van der Waals surface area contributed by atoms with Gasteiger partial charge in [-0.15, -0.1) is 11.3 Å². The number of ether oxygens (including phenoxy) is 4. The Balaban J connectivity index is 1.72. The van der Waals surface area contributed by atoms with Crippen LogP contribution >= 0.6 is 11.3 Å². The molecular formula is C29H32N4O8S. The number of aromatic nitrogens is 1. The van der Waals surface area contributed by atoms with Crippen LogP contribution in [0.3, 0.4) is 0 Å². The van der Waals surface area contributed by atoms with Gasteiger partial charge in [0.05, 0.1) is 46.7 Å². The second-order valence-electron chi connectivity index (χ2n) is 9.41. The van der Waals surface area contributed by atoms with E-state index in [0.29, 0.717) is 46.1 Å². The number of benzene rings is 1. The van der Waals surface area contributed by atoms with E-state index in [1.807, 2.05) is 6.07 Å². The summed E-state index contributed by atoms with van der Waals surface area (Å²) in [4.78, 5) is 54.7. The van der Waals surface area contributed by atoms with Gasteiger partial charge >= 0.3 is 5.97 Å². The lowest BCUT2D eigenvalue weighted by Gasteiger charge is -2.19. The molecule has 2 aromatic carbocycles. The van der Waals surface area contributed by atoms with Crippen molar-refractivity contribution in [3.8, 4) is 28.4 Å². The number of anilines is 2. The van der Waals surface area contributed by atoms with E-state index in [9.17, 15) is 19.2 Å². The van der Waals surface area contributed by atoms with Gasteiger partial charge in [-0.2, -0.15) is 0 Å². The number of nitrogens with one attached hydrogen (secondary N) is 3. The second kappa shape index (κ2) is 12.9. The molecule has 42 heavy (non-hydrogen) atoms. The van der Waals surface area contributed by atoms with Crippen LogP contribution in [0.5, 0.6) is 17.2 Å². The van der Waals surface area contributed by atoms with Crippen molar-refractivity contribution in [1.29, 1.82) is 0 Å². The van der Waals surface area contributed by atoms with Gasteiger partial charge in [0.1, 0.15) is 0 Å². The topological polar surface area (TPSA) is 154 Å². The standard InChI is InChI=1S/C29H32N4O8S/c1-14-25(28(37)41-6)33-29(42-14)32-23(36)13-30-20-10-8-17-18(12-21(20)35)19(31-15(2)34)9-7-16-11-22(38-3)26(39-4)27(40-5)24(16)17/h8,10-12,19H,7,9,13H2,1-6H3,(H,30,35)(H,31,34)(H,32,33,36). The summed E-state index contributed by atoms with van der Waals surface area (Å²) in [6.45, 7) is 2.88. The predicted octanol–water partition coefficient (Wildman–Crippen LogP) is 3.47. The Bertz CT molecular complexity index is 1600. The smallest absolute Gasteiger partial charge is 0.357 e. The van der Waals surface area contributed by atoms with Crippen LogP contribution in [0.1, 0.15) is 45.9 Å². The lowest BCUT2D eigenvalue weighted by atomic mass is 9.95. The lowest BCUT2D eigenvalue weighted by Crippen LogP contribution is -2.27. The highest BCUT2D eigenvalue weighted by atomic mass is 32.1. The van der Waals surface area contributed by atoms with Gasteiger partial charge in [0.2, 0.25) is 23.0 Å². The summed E-state index contributed by atoms with van der Waals surface area (Å²) >= 11 is 1.14. The van der Waals surface area contributed by atoms with Crippen LogP contribution in [0.25, 0.3) is 11.1 Å². The fourth-order valence-electron chi connectivity index (χ4n) is 4.93. The highest BCUT2D eigenvalue weighted by Crippen LogP contribution is 2.50. The van der Waals surface area contributed by atoms with Crippen molar-refractivity contribution in [3.05, 3.63) is 56.2 Å². The number of thiazole rings is 1. The molecule has 222 valence electrons. The third-order valence-corrected chi connectivity index (χ3v) is 7.66. The zero-order chi connectivity index (χ0) is 30.6. The van der Waals surface area contributed by atoms with Crippen LogP contribution in [0, 0.1) is 6.92 Å². The number of aryl methyl sites for hydroxylation is 2. The van der Waals surface area contributed by atoms with Crippen LogP contribution in [-0.2, 0) is 20.7 Å². The Hall–Kier alpha value is -4.65. The minimum Gasteiger partial charge on any atom is -0.493 e. The number of rotatable bonds is 9. The third-order valence-electron chi connectivity index (χ3n) is 6.78. The van der Waals surface area contributed by atoms with E-state index in [0.717, 1.165) is 22.5 Å². The Morgan fingerprint density at radius 1 is 1.05 bits per heavy atom. The fraction of sp³-hybridized carbons (Fsp3) is 0.345. The average Bonchev–Trinajstić information content (AvgIpc) is 3.16. The number of nitrogens with zero attached hydrogens (tertiary/aromatic N) is 1. The zero-order valence-corrected chi connectivity index (χ0v) is 24.9. The summed E-state index contributed by atoms with van der Waals surface area (Å²) in [5.74, 6) is 0.0450. The molecule has 1 aliphatic carbocycles. The highest BCUT2D eigenvalue weighted by molar-refractivity contribution is 7.16. The van der Waals surface area contributed by atoms with Gasteiger partial charge in [-0.25, -0.2) is 9.78 Å². The maximum Gasteiger partial charge on any atom is 0.357 e. The molecule has 1 atom stereocenters. The van der Waals surface area contributed by atoms with Crippen molar-refractivity contribution in [1.82, 2.24) is 10.3 Å². The number of carbonyl (C=O) groups excluding carboxylic acids is 3. The molecule has 1 unspecified atom stereocenters. The van der Waals surface area contributed by atoms with Gasteiger partial charge in [-0.1, -0.05) is 6.07 Å². The molecule has 13 heteroatoms. The first-order chi connectivity index (χ1) is 20.1. The van der Waals surface area contributed by atoms with E-state index >= 15 is 0 Å². The Labute approximate surface area is 246 Å². The first-order valence-corrected chi connectivity index (χ1v) is 13.8. The summed E-state index contributed by atoms with van der Waals surface area (Å²) in [6.07, 6.45) is 1.09. The first kappa shape index (κ1) is 30.3. The van der Waals surface area contributed by atoms with Crippen molar-refractivity contribution in [2.75, 3.05) is 45.6 Å². The molecule has 0 spiro atoms. The fourth-order valence-corrected chi connectivity index (χ4v) is 5.75. The third kappa shape index (κ3) is 6.15. The largest absolute Gasteiger partial charge is 0.493 e. The minimum atomic E-state index is -0.596. The van der Waals surface area contributed by atoms with Crippen LogP contribution < -0.4 is 35.6 Å². The van der Waals surface area contributed by atoms with E-state index in [1.54, 1.807) is 26.2 Å². The monoisotopic (exact) mass is 596 g/mol. The lowest BCUT2D eigenvalue weighted by molar-refractivity contribution is -0.119. The van der Waals surface area contributed by atoms with E-state index in [1.165, 1.54) is 34.3 Å². The molecule has 2 amide bonds. The minimum absolute atomic E-state index is 0.128. The number of hydrogen-bond acceptors (Lipinski definition) is 11. The van der Waals surface area contributed by atoms with Crippen LogP contribution in [0.4, 0.5) is 10.8 Å². The van der Waals surface area contributed by atoms with Crippen molar-refractivity contribution in [2.45, 2.75) is 32.7 Å². The van der Waals surface area contributed by atoms with Gasteiger partial charge in [0, 0.05) is 17.4 Å². The molecule has 1 aromatic heterocycles. The number of fused-ring (bicyclic) bond motifs is 3. The van der Waals surface area contributed by atoms with Gasteiger partial charge in [-0.3, -0.25) is 14.4 Å². The molecule has 0 saturated carbocycles. The number of esters is 1. The normalized spacial score (nSPS) is 13.5. The maximum atomic E-state index is 13.4. The first-order valence-electron chi connectivity index (χ1n) is 13.0. The molecule has 0 saturated heterocycles. The molecule has 0 aliphatic heterocycles. The van der Waals surface area contributed by atoms with Gasteiger partial charge in [-0.05, 0) is 54.7 Å². The number of amides is 2. The van der Waals surface area contributed by atoms with Gasteiger partial charge < -0.3 is 34.9 Å². The molecular weight excluding hydrogens is 564 g/mol. The van der Waals surface area contributed by atoms with Crippen LogP contribution in [0.15, 0.2) is 29.1 Å². The van der Waals surface area contributed by atoms with Gasteiger partial charge in [0.25, 0.3) is 0 Å². The van der Waals surface area contributed by atoms with Crippen molar-refractivity contribution < 1.29 is 33.3 Å². The summed E-state index contributed by atoms with van der Waals surface area (Å²) in [6, 6.07) is 6.23. The van der Waals surface area contributed by atoms with Crippen LogP contribution in [0.2, 0.25) is 0 Å². The highest BCUT2D eigenvalue weighted by Gasteiger charge is 2.29. The zero-order valence-electron chi connectivity index (χ0n) is 24.1. The molecule has 3 aromatic rings. The molecule has 0 bridgehead atoms. The van der Waals surface area contributed by atoms with Crippen molar-refractivity contribution in [2.24, 2.45) is 0 Å². The summed E-state index contributed by atoms with van der Waals surface area (Å²) in [5.41, 5.74) is 2.82. The average molecular weight is 597 g/mol. The summed E-state index contributed by atoms with van der Waals surface area (Å²) < 4.78 is 21.7. The Kier molecular flexibility index (Phi) is 9.31. The van der Waals surface area contributed by atoms with Crippen molar-refractivity contribution >= 4 is 39.9 Å². The summed E-state index contributed by atoms with van der Waals surface area (Å²) in [5, 5.41) is 8.72. The molecule has 3 N–H and O–H groups in total. The summed E-state index contributed by atoms with van der Waals surface area (Å²) in [7, 11) is 5.84. The Morgan fingerprint density at radius 2 is 1.79 bits per heavy atom. The SMILES string of the molecule is COC(=O)c1nc(NC(=O)CNc2ccc3c(cc2=O)C(NC(C)=O)CCc2cc(OC)c(OC)c(OC)c2-3)sc1C. The van der Waals surface area contributed by atoms with Gasteiger partial charge in [0.15, 0.2) is 22.3 Å². The van der Waals surface area contributed by atoms with E-state index in [4.69, 9.17) is 18.9 Å². The number of carbonyl (C=O) groups is 3. The van der Waals surface area contributed by atoms with E-state index in [2.05, 4.69) is 20.9 Å². The molecule has 0 fully saturated rings. The molecule has 4 rings (SSSR count). The van der Waals surface area contributed by atoms with Crippen molar-refractivity contribution in [3.63, 3.8) is 0 Å². The Morgan fingerprint density at radius 3 is 2.43 bits per heavy atom. The second-order valence-corrected chi connectivity index (χ2v) is 10.6. The molecule has 1 heterocycles.